The first-order valence-corrected chi connectivity index (χ1v) is 9.64. The Hall–Kier alpha value is -2.25. The van der Waals surface area contributed by atoms with E-state index in [9.17, 15) is 4.79 Å². The average Bonchev–Trinajstić information content (AvgIpc) is 2.66. The number of amides is 1. The van der Waals surface area contributed by atoms with Crippen molar-refractivity contribution in [3.63, 3.8) is 0 Å². The molecule has 7 nitrogen and oxygen atoms in total. The maximum absolute atomic E-state index is 12.6. The molecule has 1 aromatic heterocycles. The molecule has 7 heteroatoms. The van der Waals surface area contributed by atoms with Gasteiger partial charge in [-0.15, -0.1) is 10.2 Å². The summed E-state index contributed by atoms with van der Waals surface area (Å²) in [5.41, 5.74) is 0.397. The summed E-state index contributed by atoms with van der Waals surface area (Å²) in [7, 11) is 3.96. The first kappa shape index (κ1) is 19.5. The Morgan fingerprint density at radius 1 is 1.11 bits per heavy atom. The number of nitrogens with zero attached hydrogens (tertiary/aromatic N) is 5. The third-order valence-corrected chi connectivity index (χ3v) is 5.07. The Bertz CT molecular complexity index is 783. The summed E-state index contributed by atoms with van der Waals surface area (Å²) in [6.07, 6.45) is 0. The van der Waals surface area contributed by atoms with Gasteiger partial charge in [-0.3, -0.25) is 9.69 Å². The van der Waals surface area contributed by atoms with Crippen molar-refractivity contribution in [2.45, 2.75) is 19.9 Å². The van der Waals surface area contributed by atoms with E-state index in [1.54, 1.807) is 0 Å². The van der Waals surface area contributed by atoms with Gasteiger partial charge in [-0.25, -0.2) is 0 Å². The molecule has 0 saturated carbocycles. The summed E-state index contributed by atoms with van der Waals surface area (Å²) in [5.74, 6) is 0.704. The van der Waals surface area contributed by atoms with Crippen molar-refractivity contribution in [1.82, 2.24) is 25.3 Å². The monoisotopic (exact) mass is 370 g/mol. The predicted octanol–water partition coefficient (Wildman–Crippen LogP) is 1.45. The van der Waals surface area contributed by atoms with E-state index >= 15 is 0 Å². The number of hydrogen-bond acceptors (Lipinski definition) is 6. The molecule has 1 saturated heterocycles. The van der Waals surface area contributed by atoms with Crippen LogP contribution in [0.2, 0.25) is 0 Å². The molecule has 1 aromatic carbocycles. The number of piperazine rings is 1. The molecule has 1 amide bonds. The third-order valence-electron chi connectivity index (χ3n) is 5.07. The molecule has 2 aromatic rings. The third kappa shape index (κ3) is 4.54. The first-order chi connectivity index (χ1) is 13.0. The molecular weight excluding hydrogens is 340 g/mol. The molecule has 1 N–H and O–H groups in total. The van der Waals surface area contributed by atoms with Gasteiger partial charge in [-0.2, -0.15) is 0 Å². The molecule has 0 aliphatic carbocycles. The Morgan fingerprint density at radius 3 is 2.41 bits per heavy atom. The van der Waals surface area contributed by atoms with E-state index < -0.39 is 0 Å². The highest BCUT2D eigenvalue weighted by Crippen LogP contribution is 2.26. The Morgan fingerprint density at radius 2 is 1.78 bits per heavy atom. The molecule has 1 aliphatic rings. The number of rotatable bonds is 6. The Labute approximate surface area is 161 Å². The van der Waals surface area contributed by atoms with E-state index in [1.165, 1.54) is 0 Å². The number of nitrogens with one attached hydrogen (secondary N) is 1. The topological polar surface area (TPSA) is 64.6 Å². The second-order valence-electron chi connectivity index (χ2n) is 7.59. The fourth-order valence-corrected chi connectivity index (χ4v) is 3.42. The fraction of sp³-hybridized carbons (Fsp3) is 0.550. The number of aromatic nitrogens is 2. The van der Waals surface area contributed by atoms with Gasteiger partial charge >= 0.3 is 0 Å². The van der Waals surface area contributed by atoms with Crippen molar-refractivity contribution in [3.05, 3.63) is 30.0 Å². The van der Waals surface area contributed by atoms with Gasteiger partial charge in [0.05, 0.1) is 0 Å². The van der Waals surface area contributed by atoms with E-state index in [-0.39, 0.29) is 5.91 Å². The molecule has 0 unspecified atom stereocenters. The summed E-state index contributed by atoms with van der Waals surface area (Å²) < 4.78 is 0. The normalized spacial score (nSPS) is 15.7. The second kappa shape index (κ2) is 8.63. The number of anilines is 1. The highest BCUT2D eigenvalue weighted by molar-refractivity contribution is 6.07. The zero-order valence-electron chi connectivity index (χ0n) is 16.8. The lowest BCUT2D eigenvalue weighted by Gasteiger charge is -2.37. The quantitative estimate of drug-likeness (QED) is 0.830. The van der Waals surface area contributed by atoms with Crippen LogP contribution in [0.25, 0.3) is 10.8 Å². The average molecular weight is 371 g/mol. The van der Waals surface area contributed by atoms with Crippen LogP contribution in [0, 0.1) is 0 Å². The van der Waals surface area contributed by atoms with Crippen LogP contribution in [0.4, 0.5) is 5.82 Å². The van der Waals surface area contributed by atoms with Crippen LogP contribution in [-0.2, 0) is 0 Å². The van der Waals surface area contributed by atoms with Crippen LogP contribution >= 0.6 is 0 Å². The number of likely N-dealkylation sites (N-methyl/N-ethyl adjacent to an activating group) is 1. The van der Waals surface area contributed by atoms with Crippen molar-refractivity contribution in [2.24, 2.45) is 0 Å². The smallest absolute Gasteiger partial charge is 0.272 e. The first-order valence-electron chi connectivity index (χ1n) is 9.64. The minimum absolute atomic E-state index is 0.170. The number of carbonyl (C=O) groups excluding carboxylic acids is 1. The van der Waals surface area contributed by atoms with E-state index in [4.69, 9.17) is 0 Å². The number of hydrogen-bond donors (Lipinski definition) is 1. The number of fused-ring (bicyclic) bond motifs is 1. The fourth-order valence-electron chi connectivity index (χ4n) is 3.42. The predicted molar refractivity (Wildman–Crippen MR) is 109 cm³/mol. The lowest BCUT2D eigenvalue weighted by molar-refractivity contribution is 0.0947. The molecule has 0 atom stereocenters. The van der Waals surface area contributed by atoms with E-state index in [1.807, 2.05) is 43.3 Å². The molecule has 1 aliphatic heterocycles. The van der Waals surface area contributed by atoms with Crippen LogP contribution < -0.4 is 10.2 Å². The second-order valence-corrected chi connectivity index (χ2v) is 7.59. The van der Waals surface area contributed by atoms with E-state index in [0.717, 1.165) is 49.3 Å². The lowest BCUT2D eigenvalue weighted by Crippen LogP contribution is -2.49. The summed E-state index contributed by atoms with van der Waals surface area (Å²) in [6, 6.07) is 8.49. The molecule has 1 fully saturated rings. The Kier molecular flexibility index (Phi) is 6.23. The van der Waals surface area contributed by atoms with Gasteiger partial charge in [0.2, 0.25) is 0 Å². The molecule has 2 heterocycles. The standard InChI is InChI=1S/C20H30N6O/c1-15(2)25-11-13-26(14-12-25)19-17-8-6-5-7-16(17)18(22-23-19)20(27)21-9-10-24(3)4/h5-8,15H,9-14H2,1-4H3,(H,21,27). The number of carbonyl (C=O) groups is 1. The van der Waals surface area contributed by atoms with Crippen LogP contribution in [0.15, 0.2) is 24.3 Å². The summed E-state index contributed by atoms with van der Waals surface area (Å²) in [6.45, 7) is 9.70. The van der Waals surface area contributed by atoms with Crippen molar-refractivity contribution in [3.8, 4) is 0 Å². The van der Waals surface area contributed by atoms with Crippen molar-refractivity contribution in [2.75, 3.05) is 58.3 Å². The van der Waals surface area contributed by atoms with Crippen LogP contribution in [0.3, 0.4) is 0 Å². The highest BCUT2D eigenvalue weighted by Gasteiger charge is 2.23. The Balaban J connectivity index is 1.82. The van der Waals surface area contributed by atoms with Gasteiger partial charge < -0.3 is 15.1 Å². The van der Waals surface area contributed by atoms with E-state index in [0.29, 0.717) is 18.3 Å². The number of benzene rings is 1. The van der Waals surface area contributed by atoms with E-state index in [2.05, 4.69) is 39.2 Å². The van der Waals surface area contributed by atoms with Gasteiger partial charge in [-0.1, -0.05) is 24.3 Å². The largest absolute Gasteiger partial charge is 0.352 e. The van der Waals surface area contributed by atoms with Crippen molar-refractivity contribution in [1.29, 1.82) is 0 Å². The molecule has 27 heavy (non-hydrogen) atoms. The van der Waals surface area contributed by atoms with Crippen LogP contribution in [0.5, 0.6) is 0 Å². The molecule has 0 radical (unpaired) electrons. The van der Waals surface area contributed by atoms with Crippen molar-refractivity contribution >= 4 is 22.5 Å². The lowest BCUT2D eigenvalue weighted by atomic mass is 10.1. The minimum Gasteiger partial charge on any atom is -0.352 e. The summed E-state index contributed by atoms with van der Waals surface area (Å²) >= 11 is 0. The molecular formula is C20H30N6O. The zero-order valence-corrected chi connectivity index (χ0v) is 16.8. The van der Waals surface area contributed by atoms with Gasteiger partial charge in [0.25, 0.3) is 5.91 Å². The SMILES string of the molecule is CC(C)N1CCN(c2nnc(C(=O)NCCN(C)C)c3ccccc23)CC1. The van der Waals surface area contributed by atoms with Gasteiger partial charge in [-0.05, 0) is 27.9 Å². The summed E-state index contributed by atoms with van der Waals surface area (Å²) in [5, 5.41) is 13.5. The van der Waals surface area contributed by atoms with Gasteiger partial charge in [0, 0.05) is 56.1 Å². The minimum atomic E-state index is -0.170. The summed E-state index contributed by atoms with van der Waals surface area (Å²) in [4.78, 5) is 19.4. The molecule has 146 valence electrons. The van der Waals surface area contributed by atoms with Crippen LogP contribution in [0.1, 0.15) is 24.3 Å². The maximum atomic E-state index is 12.6. The molecule has 0 bridgehead atoms. The van der Waals surface area contributed by atoms with Gasteiger partial charge in [0.15, 0.2) is 11.5 Å². The van der Waals surface area contributed by atoms with Crippen molar-refractivity contribution < 1.29 is 4.79 Å². The van der Waals surface area contributed by atoms with Crippen LogP contribution in [-0.4, -0.2) is 85.3 Å². The van der Waals surface area contributed by atoms with Gasteiger partial charge in [0.1, 0.15) is 0 Å². The molecule has 3 rings (SSSR count). The molecule has 0 spiro atoms. The zero-order chi connectivity index (χ0) is 19.4. The maximum Gasteiger partial charge on any atom is 0.272 e. The highest BCUT2D eigenvalue weighted by atomic mass is 16.1.